The van der Waals surface area contributed by atoms with Crippen molar-refractivity contribution in [2.24, 2.45) is 7.05 Å². The number of aryl methyl sites for hydroxylation is 2. The van der Waals surface area contributed by atoms with Crippen LogP contribution in [0.3, 0.4) is 0 Å². The fourth-order valence-electron chi connectivity index (χ4n) is 7.69. The van der Waals surface area contributed by atoms with Gasteiger partial charge in [0.2, 0.25) is 0 Å². The van der Waals surface area contributed by atoms with Crippen molar-refractivity contribution >= 4 is 69.0 Å². The molecule has 1 fully saturated rings. The summed E-state index contributed by atoms with van der Waals surface area (Å²) in [6.07, 6.45) is 1.07. The number of aromatic hydroxyl groups is 1. The van der Waals surface area contributed by atoms with Crippen molar-refractivity contribution in [3.63, 3.8) is 0 Å². The molecule has 18 heteroatoms. The number of hydrogen-bond donors (Lipinski definition) is 1. The van der Waals surface area contributed by atoms with E-state index in [0.717, 1.165) is 9.25 Å². The molecule has 0 spiro atoms. The summed E-state index contributed by atoms with van der Waals surface area (Å²) < 4.78 is 21.0. The lowest BCUT2D eigenvalue weighted by molar-refractivity contribution is -0.128. The van der Waals surface area contributed by atoms with Gasteiger partial charge in [0, 0.05) is 50.0 Å². The summed E-state index contributed by atoms with van der Waals surface area (Å²) in [5, 5.41) is 10.2. The Morgan fingerprint density at radius 3 is 2.32 bits per heavy atom. The van der Waals surface area contributed by atoms with Crippen LogP contribution in [0.5, 0.6) is 23.0 Å². The molecule has 1 aliphatic heterocycles. The smallest absolute Gasteiger partial charge is 0.347 e. The number of aromatic nitrogens is 5. The van der Waals surface area contributed by atoms with Gasteiger partial charge in [-0.1, -0.05) is 41.4 Å². The summed E-state index contributed by atoms with van der Waals surface area (Å²) in [6, 6.07) is 6.70. The molecule has 1 N–H and O–H groups in total. The Kier molecular flexibility index (Phi) is 9.12. The van der Waals surface area contributed by atoms with E-state index in [1.165, 1.54) is 35.6 Å². The second-order valence-electron chi connectivity index (χ2n) is 12.8. The Morgan fingerprint density at radius 2 is 1.64 bits per heavy atom. The van der Waals surface area contributed by atoms with Gasteiger partial charge in [-0.25, -0.2) is 28.5 Å². The number of methoxy groups -OCH3 is 2. The van der Waals surface area contributed by atoms with Gasteiger partial charge in [-0.3, -0.25) is 14.4 Å². The molecule has 4 atom stereocenters. The lowest BCUT2D eigenvalue weighted by Gasteiger charge is -2.54. The molecule has 3 aliphatic rings. The van der Waals surface area contributed by atoms with Gasteiger partial charge in [0.25, 0.3) is 5.56 Å². The minimum absolute atomic E-state index is 0.0736. The van der Waals surface area contributed by atoms with Crippen LogP contribution in [0.4, 0.5) is 0 Å². The van der Waals surface area contributed by atoms with Gasteiger partial charge in [-0.05, 0) is 18.6 Å². The van der Waals surface area contributed by atoms with E-state index in [-0.39, 0.29) is 48.9 Å². The van der Waals surface area contributed by atoms with Crippen LogP contribution in [0.1, 0.15) is 36.6 Å². The highest BCUT2D eigenvalue weighted by Crippen LogP contribution is 2.64. The summed E-state index contributed by atoms with van der Waals surface area (Å²) in [4.78, 5) is 69.4. The van der Waals surface area contributed by atoms with Crippen molar-refractivity contribution in [1.29, 1.82) is 0 Å². The highest BCUT2D eigenvalue weighted by molar-refractivity contribution is 6.66. The third-order valence-corrected chi connectivity index (χ3v) is 12.5. The van der Waals surface area contributed by atoms with Gasteiger partial charge < -0.3 is 23.9 Å². The van der Waals surface area contributed by atoms with E-state index in [1.54, 1.807) is 38.2 Å². The molecule has 0 saturated heterocycles. The molecule has 4 unspecified atom stereocenters. The second-order valence-corrected chi connectivity index (χ2v) is 14.8. The van der Waals surface area contributed by atoms with Gasteiger partial charge in [-0.2, -0.15) is 0 Å². The quantitative estimate of drug-likeness (QED) is 0.204. The number of phenolic OH excluding ortho intramolecular Hbond substituents is 1. The number of halogens is 4. The van der Waals surface area contributed by atoms with Crippen LogP contribution in [0.25, 0.3) is 11.0 Å². The summed E-state index contributed by atoms with van der Waals surface area (Å²) >= 11 is 27.1. The van der Waals surface area contributed by atoms with Gasteiger partial charge >= 0.3 is 11.4 Å². The van der Waals surface area contributed by atoms with E-state index in [0.29, 0.717) is 28.1 Å². The van der Waals surface area contributed by atoms with Crippen molar-refractivity contribution in [1.82, 2.24) is 23.5 Å². The summed E-state index contributed by atoms with van der Waals surface area (Å²) in [7, 11) is 4.51. The lowest BCUT2D eigenvalue weighted by Crippen LogP contribution is -2.67. The van der Waals surface area contributed by atoms with Crippen LogP contribution in [0, 0.1) is 0 Å². The largest absolute Gasteiger partial charge is 0.504 e. The minimum atomic E-state index is -2.32. The SMILES string of the molecule is CCOc1cccc(C2C3=CCn4c(=O)n(CCc5nc6cc(OC)c(OC)cc6n(C)c5=O)c(=O)n4C3CC3(Cl)C(=O)C(Cl)=C(Cl)C(=O)C23Cl)c1O. The molecule has 2 aromatic carbocycles. The van der Waals surface area contributed by atoms with Crippen molar-refractivity contribution in [3.05, 3.63) is 94.6 Å². The maximum Gasteiger partial charge on any atom is 0.347 e. The molecule has 3 heterocycles. The van der Waals surface area contributed by atoms with Gasteiger partial charge in [0.05, 0.1) is 44.4 Å². The third kappa shape index (κ3) is 5.13. The number of carbonyl (C=O) groups excluding carboxylic acids is 2. The Balaban J connectivity index is 1.35. The number of allylic oxidation sites excluding steroid dienone is 4. The Labute approximate surface area is 320 Å². The van der Waals surface area contributed by atoms with Crippen molar-refractivity contribution in [2.75, 3.05) is 20.8 Å². The van der Waals surface area contributed by atoms with E-state index >= 15 is 0 Å². The molecule has 14 nitrogen and oxygen atoms in total. The molecule has 278 valence electrons. The number of Topliss-reactive ketones (excluding diaryl/α,β-unsaturated/α-hetero) is 2. The number of nitrogens with zero attached hydrogens (tertiary/aromatic N) is 5. The first-order valence-corrected chi connectivity index (χ1v) is 17.9. The number of fused-ring (bicyclic) bond motifs is 5. The number of para-hydroxylation sites is 1. The average molecular weight is 807 g/mol. The fourth-order valence-corrected chi connectivity index (χ4v) is 9.20. The topological polar surface area (TPSA) is 166 Å². The van der Waals surface area contributed by atoms with Crippen LogP contribution >= 0.6 is 46.4 Å². The normalized spacial score (nSPS) is 23.7. The van der Waals surface area contributed by atoms with Gasteiger partial charge in [-0.15, -0.1) is 23.2 Å². The molecular weight excluding hydrogens is 776 g/mol. The molecule has 2 aromatic heterocycles. The van der Waals surface area contributed by atoms with E-state index < -0.39 is 66.7 Å². The third-order valence-electron chi connectivity index (χ3n) is 10.2. The van der Waals surface area contributed by atoms with Crippen molar-refractivity contribution in [3.8, 4) is 23.0 Å². The predicted octanol–water partition coefficient (Wildman–Crippen LogP) is 3.89. The number of alkyl halides is 2. The first-order chi connectivity index (χ1) is 25.2. The number of benzene rings is 2. The number of ketones is 2. The van der Waals surface area contributed by atoms with Crippen LogP contribution in [-0.2, 0) is 36.1 Å². The average Bonchev–Trinajstić information content (AvgIpc) is 3.39. The van der Waals surface area contributed by atoms with E-state index in [4.69, 9.17) is 60.6 Å². The number of phenols is 1. The molecule has 53 heavy (non-hydrogen) atoms. The monoisotopic (exact) mass is 805 g/mol. The van der Waals surface area contributed by atoms with E-state index in [9.17, 15) is 29.1 Å². The standard InChI is InChI=1S/C35H31Cl4N5O9/c1-5-53-22-8-6-7-17(28(22)45)25-16-9-12-43-32(49)42(11-10-18-31(48)41(2)20-14-24(52-4)23(51-3)13-19(20)40-18)33(50)44(43)21(16)15-34(38)29(46)26(36)27(37)30(47)35(25,34)39/h6-9,13-14,21,25,45H,5,10-12,15H2,1-4H3. The second kappa shape index (κ2) is 13.1. The molecule has 4 aromatic rings. The molecule has 0 bridgehead atoms. The minimum Gasteiger partial charge on any atom is -0.504 e. The van der Waals surface area contributed by atoms with Crippen LogP contribution < -0.4 is 31.1 Å². The Morgan fingerprint density at radius 1 is 0.962 bits per heavy atom. The zero-order chi connectivity index (χ0) is 38.3. The summed E-state index contributed by atoms with van der Waals surface area (Å²) in [5.74, 6) is -2.74. The lowest BCUT2D eigenvalue weighted by atomic mass is 9.59. The maximum absolute atomic E-state index is 14.3. The zero-order valence-corrected chi connectivity index (χ0v) is 31.6. The summed E-state index contributed by atoms with van der Waals surface area (Å²) in [5.41, 5.74) is -0.526. The Hall–Kier alpha value is -4.50. The highest BCUT2D eigenvalue weighted by atomic mass is 35.5. The van der Waals surface area contributed by atoms with Gasteiger partial charge in [0.1, 0.15) is 25.5 Å². The zero-order valence-electron chi connectivity index (χ0n) is 28.6. The number of carbonyl (C=O) groups is 2. The first-order valence-electron chi connectivity index (χ1n) is 16.4. The molecule has 2 aliphatic carbocycles. The van der Waals surface area contributed by atoms with E-state index in [1.807, 2.05) is 0 Å². The predicted molar refractivity (Wildman–Crippen MR) is 196 cm³/mol. The van der Waals surface area contributed by atoms with Crippen molar-refractivity contribution < 1.29 is 28.9 Å². The molecule has 0 radical (unpaired) electrons. The molecular formula is C35H31Cl4N5O9. The summed E-state index contributed by atoms with van der Waals surface area (Å²) in [6.45, 7) is 1.52. The Bertz CT molecular complexity index is 2520. The fraction of sp³-hybridized carbons (Fsp3) is 0.371. The van der Waals surface area contributed by atoms with Crippen LogP contribution in [-0.4, -0.2) is 70.7 Å². The maximum atomic E-state index is 14.3. The first kappa shape index (κ1) is 36.8. The number of rotatable bonds is 8. The van der Waals surface area contributed by atoms with Gasteiger partial charge in [0.15, 0.2) is 34.6 Å². The van der Waals surface area contributed by atoms with Crippen LogP contribution in [0.15, 0.2) is 66.4 Å². The van der Waals surface area contributed by atoms with Crippen molar-refractivity contribution in [2.45, 2.75) is 54.6 Å². The number of hydrogen-bond acceptors (Lipinski definition) is 10. The molecule has 1 saturated carbocycles. The highest BCUT2D eigenvalue weighted by Gasteiger charge is 2.71. The van der Waals surface area contributed by atoms with Crippen LogP contribution in [0.2, 0.25) is 0 Å². The van der Waals surface area contributed by atoms with E-state index in [2.05, 4.69) is 4.98 Å². The number of ether oxygens (including phenoxy) is 3. The molecule has 7 rings (SSSR count). The molecule has 0 amide bonds.